The molecule has 0 saturated heterocycles. The first kappa shape index (κ1) is 5.92. The second-order valence-electron chi connectivity index (χ2n) is 0.814. The van der Waals surface area contributed by atoms with Crippen LogP contribution in [0.4, 0.5) is 0 Å². The van der Waals surface area contributed by atoms with Gasteiger partial charge in [-0.15, -0.1) is 6.20 Å². The van der Waals surface area contributed by atoms with Crippen LogP contribution < -0.4 is 0 Å². The van der Waals surface area contributed by atoms with Crippen LogP contribution in [0, 0.1) is 6.20 Å². The normalized spacial score (nSPS) is 6.67. The van der Waals surface area contributed by atoms with Gasteiger partial charge in [-0.25, -0.2) is 0 Å². The summed E-state index contributed by atoms with van der Waals surface area (Å²) in [5.41, 5.74) is 0. The van der Waals surface area contributed by atoms with Crippen molar-refractivity contribution in [1.29, 1.82) is 0 Å². The summed E-state index contributed by atoms with van der Waals surface area (Å²) >= 11 is 0. The minimum absolute atomic E-state index is 0. The number of H-pyrrole nitrogens is 1. The van der Waals surface area contributed by atoms with Gasteiger partial charge in [0.25, 0.3) is 0 Å². The maximum atomic E-state index is 2.74. The fraction of sp³-hybridized carbons (Fsp3) is 0. The maximum absolute atomic E-state index is 2.74. The average molecular weight is 258 g/mol. The summed E-state index contributed by atoms with van der Waals surface area (Å²) in [7, 11) is 0. The molecule has 0 aliphatic rings. The number of hydrogen-bond acceptors (Lipinski definition) is 0. The number of hydrogen-bond donors (Lipinski definition) is 1. The Balaban J connectivity index is -0.0000000833. The third-order valence-corrected chi connectivity index (χ3v) is 0.442. The topological polar surface area (TPSA) is 15.8 Å². The largest absolute Gasteiger partial charge is 2.00 e. The molecule has 1 nitrogen and oxygen atoms in total. The van der Waals surface area contributed by atoms with Crippen molar-refractivity contribution in [2.75, 3.05) is 0 Å². The van der Waals surface area contributed by atoms with Crippen molar-refractivity contribution in [1.82, 2.24) is 4.98 Å². The Kier molecular flexibility index (Phi) is 3.08. The van der Waals surface area contributed by atoms with Crippen LogP contribution in [0.5, 0.6) is 0 Å². The third-order valence-electron chi connectivity index (χ3n) is 0.442. The molecular formula is C4H6NOs-. The number of aromatic nitrogens is 1. The Morgan fingerprint density at radius 2 is 2.50 bits per heavy atom. The molecule has 0 radical (unpaired) electrons. The molecule has 0 amide bonds. The third kappa shape index (κ3) is 1.38. The summed E-state index contributed by atoms with van der Waals surface area (Å²) in [5.74, 6) is 0. The Hall–Kier alpha value is -0.0836. The average Bonchev–Trinajstić information content (AvgIpc) is 1.76. The van der Waals surface area contributed by atoms with Crippen molar-refractivity contribution in [3.63, 3.8) is 0 Å². The summed E-state index contributed by atoms with van der Waals surface area (Å²) in [5, 5.41) is 0. The van der Waals surface area contributed by atoms with Gasteiger partial charge in [-0.05, 0) is 0 Å². The van der Waals surface area contributed by atoms with E-state index in [1.807, 2.05) is 18.3 Å². The molecule has 0 bridgehead atoms. The van der Waals surface area contributed by atoms with Crippen molar-refractivity contribution in [3.8, 4) is 0 Å². The first-order valence-corrected chi connectivity index (χ1v) is 1.49. The first-order valence-electron chi connectivity index (χ1n) is 1.49. The fourth-order valence-corrected chi connectivity index (χ4v) is 0.241. The molecule has 1 heterocycles. The van der Waals surface area contributed by atoms with E-state index in [1.54, 1.807) is 0 Å². The van der Waals surface area contributed by atoms with Crippen molar-refractivity contribution < 1.29 is 22.6 Å². The predicted octanol–water partition coefficient (Wildman–Crippen LogP) is 1.04. The predicted molar refractivity (Wildman–Crippen MR) is 21.9 cm³/mol. The van der Waals surface area contributed by atoms with Gasteiger partial charge in [0, 0.05) is 0 Å². The molecule has 2 heteroatoms. The van der Waals surface area contributed by atoms with Crippen molar-refractivity contribution in [2.45, 2.75) is 0 Å². The van der Waals surface area contributed by atoms with Gasteiger partial charge in [0.15, 0.2) is 0 Å². The molecule has 0 aliphatic carbocycles. The maximum Gasteiger partial charge on any atom is 2.00 e. The second-order valence-corrected chi connectivity index (χ2v) is 0.814. The Bertz CT molecular complexity index is 70.5. The van der Waals surface area contributed by atoms with Gasteiger partial charge < -0.3 is 7.84 Å². The molecular weight excluding hydrogens is 252 g/mol. The van der Waals surface area contributed by atoms with E-state index in [-0.39, 0.29) is 22.6 Å². The molecule has 0 unspecified atom stereocenters. The Morgan fingerprint density at radius 1 is 1.67 bits per heavy atom. The summed E-state index contributed by atoms with van der Waals surface area (Å²) in [6.07, 6.45) is 4.56. The summed E-state index contributed by atoms with van der Waals surface area (Å²) in [4.78, 5) is 2.74. The van der Waals surface area contributed by atoms with Crippen LogP contribution in [0.3, 0.4) is 0 Å². The summed E-state index contributed by atoms with van der Waals surface area (Å²) in [6.45, 7) is 0. The fourth-order valence-electron chi connectivity index (χ4n) is 0.241. The monoisotopic (exact) mass is 260 g/mol. The van der Waals surface area contributed by atoms with Crippen molar-refractivity contribution >= 4 is 0 Å². The molecule has 1 aromatic heterocycles. The van der Waals surface area contributed by atoms with Crippen molar-refractivity contribution in [2.24, 2.45) is 0 Å². The molecule has 36 valence electrons. The van der Waals surface area contributed by atoms with E-state index in [0.29, 0.717) is 0 Å². The van der Waals surface area contributed by atoms with E-state index in [9.17, 15) is 0 Å². The van der Waals surface area contributed by atoms with E-state index in [0.717, 1.165) is 0 Å². The van der Waals surface area contributed by atoms with E-state index < -0.39 is 0 Å². The van der Waals surface area contributed by atoms with Crippen LogP contribution in [-0.4, -0.2) is 4.98 Å². The van der Waals surface area contributed by atoms with Crippen LogP contribution in [0.15, 0.2) is 18.3 Å². The van der Waals surface area contributed by atoms with Crippen molar-refractivity contribution in [3.05, 3.63) is 24.5 Å². The zero-order valence-corrected chi connectivity index (χ0v) is 5.63. The molecule has 1 aromatic rings. The van der Waals surface area contributed by atoms with Crippen LogP contribution >= 0.6 is 0 Å². The van der Waals surface area contributed by atoms with Gasteiger partial charge in [0.1, 0.15) is 0 Å². The molecule has 1 rings (SSSR count). The molecule has 0 aliphatic heterocycles. The zero-order chi connectivity index (χ0) is 3.54. The first-order chi connectivity index (χ1) is 2.50. The number of rotatable bonds is 0. The van der Waals surface area contributed by atoms with E-state index in [2.05, 4.69) is 11.2 Å². The molecule has 0 fully saturated rings. The van der Waals surface area contributed by atoms with Crippen LogP contribution in [0.1, 0.15) is 2.85 Å². The van der Waals surface area contributed by atoms with Gasteiger partial charge in [-0.2, -0.15) is 18.3 Å². The Morgan fingerprint density at radius 3 is 2.67 bits per heavy atom. The standard InChI is InChI=1S/C4H4N.Os.2H/c1-2-4-5-3-1;;;/h1-3,5H;;;/q-1;+2;2*-1. The zero-order valence-electron chi connectivity index (χ0n) is 5.09. The summed E-state index contributed by atoms with van der Waals surface area (Å²) in [6, 6.07) is 3.71. The van der Waals surface area contributed by atoms with E-state index in [1.165, 1.54) is 0 Å². The SMILES string of the molecule is [H-].[H-].[Os+2].[c-]1ccc[nH]1. The van der Waals surface area contributed by atoms with Gasteiger partial charge in [-0.3, -0.25) is 0 Å². The molecule has 0 spiro atoms. The van der Waals surface area contributed by atoms with Gasteiger partial charge >= 0.3 is 19.8 Å². The second kappa shape index (κ2) is 3.12. The van der Waals surface area contributed by atoms with E-state index >= 15 is 0 Å². The minimum atomic E-state index is 0. The molecule has 0 saturated carbocycles. The minimum Gasteiger partial charge on any atom is -1.00 e. The van der Waals surface area contributed by atoms with Crippen LogP contribution in [0.25, 0.3) is 0 Å². The number of nitrogens with one attached hydrogen (secondary N) is 1. The molecule has 0 atom stereocenters. The number of aromatic amines is 1. The molecule has 0 aromatic carbocycles. The quantitative estimate of drug-likeness (QED) is 0.669. The van der Waals surface area contributed by atoms with Gasteiger partial charge in [-0.1, -0.05) is 0 Å². The van der Waals surface area contributed by atoms with Gasteiger partial charge in [0.05, 0.1) is 0 Å². The van der Waals surface area contributed by atoms with E-state index in [4.69, 9.17) is 0 Å². The summed E-state index contributed by atoms with van der Waals surface area (Å²) < 4.78 is 0. The molecule has 6 heavy (non-hydrogen) atoms. The van der Waals surface area contributed by atoms with Gasteiger partial charge in [0.2, 0.25) is 0 Å². The van der Waals surface area contributed by atoms with Crippen LogP contribution in [-0.2, 0) is 19.8 Å². The molecule has 1 N–H and O–H groups in total. The Labute approximate surface area is 52.8 Å². The smallest absolute Gasteiger partial charge is 1.00 e. The van der Waals surface area contributed by atoms with Crippen LogP contribution in [0.2, 0.25) is 0 Å².